The Morgan fingerprint density at radius 3 is 1.02 bits per heavy atom. The number of aliphatic hydroxyl groups is 3. The first-order chi connectivity index (χ1) is 19.5. The van der Waals surface area contributed by atoms with E-state index in [-0.39, 0.29) is 12.2 Å². The number of hydrogen-bond donors (Lipinski definition) is 3. The van der Waals surface area contributed by atoms with Gasteiger partial charge < -0.3 is 15.3 Å². The van der Waals surface area contributed by atoms with Crippen molar-refractivity contribution in [3.8, 4) is 0 Å². The Kier molecular flexibility index (Phi) is 30.6. The number of ketones is 2. The van der Waals surface area contributed by atoms with E-state index in [1.807, 2.05) is 0 Å². The molecule has 0 aromatic rings. The zero-order valence-electron chi connectivity index (χ0n) is 26.5. The summed E-state index contributed by atoms with van der Waals surface area (Å²) in [5.74, 6) is 0.0868. The van der Waals surface area contributed by atoms with Crippen molar-refractivity contribution < 1.29 is 24.9 Å². The maximum atomic E-state index is 12.1. The van der Waals surface area contributed by atoms with Crippen molar-refractivity contribution in [2.75, 3.05) is 6.61 Å². The van der Waals surface area contributed by atoms with Crippen LogP contribution in [-0.4, -0.2) is 45.7 Å². The smallest absolute Gasteiger partial charge is 0.164 e. The van der Waals surface area contributed by atoms with Crippen LogP contribution in [0, 0.1) is 0 Å². The lowest BCUT2D eigenvalue weighted by atomic mass is 10.0. The van der Waals surface area contributed by atoms with E-state index < -0.39 is 18.8 Å². The summed E-state index contributed by atoms with van der Waals surface area (Å²) in [5.41, 5.74) is 0. The molecule has 0 bridgehead atoms. The van der Waals surface area contributed by atoms with Crippen molar-refractivity contribution in [2.24, 2.45) is 0 Å². The van der Waals surface area contributed by atoms with E-state index in [0.717, 1.165) is 44.9 Å². The van der Waals surface area contributed by atoms with E-state index in [0.29, 0.717) is 5.78 Å². The summed E-state index contributed by atoms with van der Waals surface area (Å²) in [4.78, 5) is 23.8. The first kappa shape index (κ1) is 39.2. The highest BCUT2D eigenvalue weighted by molar-refractivity contribution is 5.83. The lowest BCUT2D eigenvalue weighted by Gasteiger charge is -2.13. The monoisotopic (exact) mass is 569 g/mol. The number of unbranched alkanes of at least 4 members (excludes halogenated alkanes) is 24. The molecular formula is C35H68O5. The van der Waals surface area contributed by atoms with Gasteiger partial charge in [0, 0.05) is 19.3 Å². The van der Waals surface area contributed by atoms with Gasteiger partial charge in [0.15, 0.2) is 5.78 Å². The summed E-state index contributed by atoms with van der Waals surface area (Å²) in [6, 6.07) is 0. The summed E-state index contributed by atoms with van der Waals surface area (Å²) in [7, 11) is 0. The van der Waals surface area contributed by atoms with Gasteiger partial charge in [-0.25, -0.2) is 0 Å². The summed E-state index contributed by atoms with van der Waals surface area (Å²) < 4.78 is 0. The molecule has 3 N–H and O–H groups in total. The molecule has 0 amide bonds. The fourth-order valence-corrected chi connectivity index (χ4v) is 5.49. The fraction of sp³-hybridized carbons (Fsp3) is 0.943. The van der Waals surface area contributed by atoms with Crippen molar-refractivity contribution in [3.05, 3.63) is 0 Å². The molecule has 0 aromatic heterocycles. The number of carbonyl (C=O) groups is 2. The predicted octanol–water partition coefficient (Wildman–Crippen LogP) is 9.17. The molecule has 0 aliphatic heterocycles. The molecule has 0 fully saturated rings. The molecule has 5 heteroatoms. The van der Waals surface area contributed by atoms with Gasteiger partial charge in [-0.3, -0.25) is 9.59 Å². The standard InChI is InChI=1S/C35H68O5/c1-2-3-4-5-6-7-8-9-10-11-13-16-19-22-25-28-32(37)29-26-23-20-17-14-12-15-18-21-24-27-30-33(38)35(40)34(39)31-36/h34-36,39-40H,2-31H2,1H3. The van der Waals surface area contributed by atoms with Gasteiger partial charge in [-0.1, -0.05) is 155 Å². The molecule has 0 aromatic carbocycles. The van der Waals surface area contributed by atoms with Crippen molar-refractivity contribution >= 4 is 11.6 Å². The van der Waals surface area contributed by atoms with Crippen molar-refractivity contribution in [1.29, 1.82) is 0 Å². The lowest BCUT2D eigenvalue weighted by molar-refractivity contribution is -0.134. The molecule has 0 rings (SSSR count). The van der Waals surface area contributed by atoms with Gasteiger partial charge in [-0.15, -0.1) is 0 Å². The van der Waals surface area contributed by atoms with Gasteiger partial charge in [0.1, 0.15) is 18.0 Å². The third-order valence-electron chi connectivity index (χ3n) is 8.32. The topological polar surface area (TPSA) is 94.8 Å². The Bertz CT molecular complexity index is 550. The molecule has 0 spiro atoms. The minimum absolute atomic E-state index is 0.264. The van der Waals surface area contributed by atoms with Crippen LogP contribution in [-0.2, 0) is 9.59 Å². The Morgan fingerprint density at radius 2 is 0.725 bits per heavy atom. The van der Waals surface area contributed by atoms with Crippen molar-refractivity contribution in [3.63, 3.8) is 0 Å². The van der Waals surface area contributed by atoms with Crippen LogP contribution in [0.15, 0.2) is 0 Å². The highest BCUT2D eigenvalue weighted by Crippen LogP contribution is 2.16. The molecule has 0 aliphatic rings. The quantitative estimate of drug-likeness (QED) is 0.0686. The summed E-state index contributed by atoms with van der Waals surface area (Å²) in [6.07, 6.45) is 31.9. The van der Waals surface area contributed by atoms with E-state index >= 15 is 0 Å². The Hall–Kier alpha value is -0.780. The van der Waals surface area contributed by atoms with Crippen LogP contribution in [0.3, 0.4) is 0 Å². The molecule has 0 saturated heterocycles. The largest absolute Gasteiger partial charge is 0.394 e. The molecule has 0 saturated carbocycles. The summed E-state index contributed by atoms with van der Waals surface area (Å²) in [5, 5.41) is 27.6. The maximum absolute atomic E-state index is 12.1. The molecule has 2 unspecified atom stereocenters. The van der Waals surface area contributed by atoms with Crippen molar-refractivity contribution in [1.82, 2.24) is 0 Å². The molecule has 40 heavy (non-hydrogen) atoms. The van der Waals surface area contributed by atoms with Crippen LogP contribution in [0.25, 0.3) is 0 Å². The average molecular weight is 569 g/mol. The number of hydrogen-bond acceptors (Lipinski definition) is 5. The Balaban J connectivity index is 3.26. The van der Waals surface area contributed by atoms with Gasteiger partial charge in [-0.05, 0) is 19.3 Å². The first-order valence-electron chi connectivity index (χ1n) is 17.5. The van der Waals surface area contributed by atoms with E-state index in [2.05, 4.69) is 6.92 Å². The molecule has 238 valence electrons. The Labute approximate surface area is 248 Å². The van der Waals surface area contributed by atoms with Crippen LogP contribution in [0.2, 0.25) is 0 Å². The molecule has 0 radical (unpaired) electrons. The van der Waals surface area contributed by atoms with Gasteiger partial charge >= 0.3 is 0 Å². The van der Waals surface area contributed by atoms with Gasteiger partial charge in [-0.2, -0.15) is 0 Å². The van der Waals surface area contributed by atoms with Gasteiger partial charge in [0.05, 0.1) is 6.61 Å². The normalized spacial score (nSPS) is 13.0. The number of aliphatic hydroxyl groups excluding tert-OH is 3. The predicted molar refractivity (Wildman–Crippen MR) is 169 cm³/mol. The second-order valence-corrected chi connectivity index (χ2v) is 12.3. The molecular weight excluding hydrogens is 500 g/mol. The van der Waals surface area contributed by atoms with Crippen LogP contribution in [0.1, 0.15) is 193 Å². The SMILES string of the molecule is CCCCCCCCCCCCCCCCCC(=O)CCCCCCCCCCCCCC(=O)C(O)C(O)CO. The third kappa shape index (κ3) is 27.4. The lowest BCUT2D eigenvalue weighted by Crippen LogP contribution is -2.36. The fourth-order valence-electron chi connectivity index (χ4n) is 5.49. The van der Waals surface area contributed by atoms with Gasteiger partial charge in [0.2, 0.25) is 0 Å². The van der Waals surface area contributed by atoms with E-state index in [1.54, 1.807) is 0 Å². The molecule has 0 heterocycles. The third-order valence-corrected chi connectivity index (χ3v) is 8.32. The average Bonchev–Trinajstić information content (AvgIpc) is 2.96. The van der Waals surface area contributed by atoms with E-state index in [9.17, 15) is 19.8 Å². The van der Waals surface area contributed by atoms with Crippen LogP contribution < -0.4 is 0 Å². The van der Waals surface area contributed by atoms with Gasteiger partial charge in [0.25, 0.3) is 0 Å². The maximum Gasteiger partial charge on any atom is 0.164 e. The first-order valence-corrected chi connectivity index (χ1v) is 17.5. The zero-order chi connectivity index (χ0) is 29.5. The zero-order valence-corrected chi connectivity index (χ0v) is 26.5. The summed E-state index contributed by atoms with van der Waals surface area (Å²) in [6.45, 7) is 1.69. The van der Waals surface area contributed by atoms with Crippen LogP contribution in [0.5, 0.6) is 0 Å². The molecule has 2 atom stereocenters. The number of carbonyl (C=O) groups excluding carboxylic acids is 2. The molecule has 5 nitrogen and oxygen atoms in total. The number of Topliss-reactive ketones (excluding diaryl/α,β-unsaturated/α-hetero) is 2. The molecule has 0 aliphatic carbocycles. The van der Waals surface area contributed by atoms with Crippen molar-refractivity contribution in [2.45, 2.75) is 205 Å². The Morgan fingerprint density at radius 1 is 0.450 bits per heavy atom. The van der Waals surface area contributed by atoms with E-state index in [4.69, 9.17) is 5.11 Å². The van der Waals surface area contributed by atoms with E-state index in [1.165, 1.54) is 135 Å². The highest BCUT2D eigenvalue weighted by Gasteiger charge is 2.22. The number of rotatable bonds is 33. The van der Waals surface area contributed by atoms with Crippen LogP contribution in [0.4, 0.5) is 0 Å². The minimum atomic E-state index is -1.46. The minimum Gasteiger partial charge on any atom is -0.394 e. The highest BCUT2D eigenvalue weighted by atomic mass is 16.4. The second-order valence-electron chi connectivity index (χ2n) is 12.3. The summed E-state index contributed by atoms with van der Waals surface area (Å²) >= 11 is 0. The second kappa shape index (κ2) is 31.2. The van der Waals surface area contributed by atoms with Crippen LogP contribution >= 0.6 is 0 Å².